The molecule has 2 aliphatic heterocycles. The van der Waals surface area contributed by atoms with Crippen molar-refractivity contribution in [3.63, 3.8) is 0 Å². The topological polar surface area (TPSA) is 24.5 Å². The van der Waals surface area contributed by atoms with Gasteiger partial charge in [0.05, 0.1) is 0 Å². The zero-order valence-electron chi connectivity index (χ0n) is 13.6. The molecule has 0 bridgehead atoms. The second-order valence-electron chi connectivity index (χ2n) is 6.77. The van der Waals surface area contributed by atoms with E-state index in [0.717, 1.165) is 25.8 Å². The van der Waals surface area contributed by atoms with Crippen LogP contribution >= 0.6 is 0 Å². The van der Waals surface area contributed by atoms with Gasteiger partial charge >= 0.3 is 0 Å². The molecular weight excluding hydrogens is 248 g/mol. The molecule has 2 heterocycles. The van der Waals surface area contributed by atoms with Crippen LogP contribution in [0.25, 0.3) is 0 Å². The Hall–Kier alpha value is -0.120. The molecule has 0 radical (unpaired) electrons. The van der Waals surface area contributed by atoms with E-state index in [9.17, 15) is 0 Å². The van der Waals surface area contributed by atoms with Gasteiger partial charge in [0, 0.05) is 32.3 Å². The van der Waals surface area contributed by atoms with Gasteiger partial charge in [0.1, 0.15) is 0 Å². The Kier molecular flexibility index (Phi) is 6.79. The molecule has 3 nitrogen and oxygen atoms in total. The summed E-state index contributed by atoms with van der Waals surface area (Å²) in [6.45, 7) is 11.3. The molecule has 118 valence electrons. The van der Waals surface area contributed by atoms with E-state index in [1.54, 1.807) is 0 Å². The van der Waals surface area contributed by atoms with Crippen LogP contribution in [-0.2, 0) is 4.74 Å². The fourth-order valence-electron chi connectivity index (χ4n) is 3.92. The molecule has 0 aromatic heterocycles. The van der Waals surface area contributed by atoms with Crippen LogP contribution < -0.4 is 5.32 Å². The van der Waals surface area contributed by atoms with Crippen LogP contribution in [0.3, 0.4) is 0 Å². The monoisotopic (exact) mass is 282 g/mol. The molecule has 0 spiro atoms. The van der Waals surface area contributed by atoms with Crippen molar-refractivity contribution in [2.45, 2.75) is 64.8 Å². The van der Waals surface area contributed by atoms with E-state index in [1.807, 2.05) is 0 Å². The highest BCUT2D eigenvalue weighted by Crippen LogP contribution is 2.33. The average Bonchev–Trinajstić information content (AvgIpc) is 2.71. The number of rotatable bonds is 6. The molecule has 2 aliphatic rings. The molecule has 0 amide bonds. The summed E-state index contributed by atoms with van der Waals surface area (Å²) in [4.78, 5) is 2.82. The van der Waals surface area contributed by atoms with Crippen LogP contribution in [-0.4, -0.2) is 50.3 Å². The van der Waals surface area contributed by atoms with Crippen LogP contribution in [0.15, 0.2) is 0 Å². The largest absolute Gasteiger partial charge is 0.381 e. The Morgan fingerprint density at radius 2 is 1.95 bits per heavy atom. The fourth-order valence-corrected chi connectivity index (χ4v) is 3.92. The lowest BCUT2D eigenvalue weighted by atomic mass is 9.79. The van der Waals surface area contributed by atoms with Gasteiger partial charge in [-0.25, -0.2) is 0 Å². The standard InChI is InChI=1S/C17H34N2O/c1-3-16-8-6-5-7-11-19(16)15-17(14-18-4-2)9-12-20-13-10-17/h16,18H,3-15H2,1-2H3. The van der Waals surface area contributed by atoms with E-state index >= 15 is 0 Å². The van der Waals surface area contributed by atoms with Crippen molar-refractivity contribution in [1.29, 1.82) is 0 Å². The zero-order chi connectivity index (χ0) is 14.3. The predicted molar refractivity (Wildman–Crippen MR) is 85.1 cm³/mol. The van der Waals surface area contributed by atoms with Crippen molar-refractivity contribution < 1.29 is 4.74 Å². The molecule has 0 aliphatic carbocycles. The first-order valence-electron chi connectivity index (χ1n) is 8.82. The van der Waals surface area contributed by atoms with Crippen molar-refractivity contribution in [3.8, 4) is 0 Å². The summed E-state index contributed by atoms with van der Waals surface area (Å²) >= 11 is 0. The maximum atomic E-state index is 5.63. The van der Waals surface area contributed by atoms with E-state index in [0.29, 0.717) is 5.41 Å². The summed E-state index contributed by atoms with van der Waals surface area (Å²) in [6, 6.07) is 0.818. The fraction of sp³-hybridized carbons (Fsp3) is 1.00. The van der Waals surface area contributed by atoms with Crippen molar-refractivity contribution in [3.05, 3.63) is 0 Å². The molecule has 3 heteroatoms. The molecular formula is C17H34N2O. The Morgan fingerprint density at radius 1 is 1.15 bits per heavy atom. The molecule has 2 saturated heterocycles. The summed E-state index contributed by atoms with van der Waals surface area (Å²) in [7, 11) is 0. The molecule has 20 heavy (non-hydrogen) atoms. The maximum Gasteiger partial charge on any atom is 0.0472 e. The van der Waals surface area contributed by atoms with Gasteiger partial charge in [-0.2, -0.15) is 0 Å². The Balaban J connectivity index is 2.00. The van der Waals surface area contributed by atoms with Gasteiger partial charge in [-0.1, -0.05) is 26.7 Å². The molecule has 2 rings (SSSR count). The van der Waals surface area contributed by atoms with Gasteiger partial charge in [-0.05, 0) is 50.6 Å². The van der Waals surface area contributed by atoms with E-state index in [4.69, 9.17) is 4.74 Å². The Bertz CT molecular complexity index is 264. The van der Waals surface area contributed by atoms with E-state index in [1.165, 1.54) is 64.6 Å². The molecule has 2 fully saturated rings. The van der Waals surface area contributed by atoms with Gasteiger partial charge in [0.25, 0.3) is 0 Å². The number of nitrogens with zero attached hydrogens (tertiary/aromatic N) is 1. The van der Waals surface area contributed by atoms with Crippen molar-refractivity contribution in [1.82, 2.24) is 10.2 Å². The third kappa shape index (κ3) is 4.44. The van der Waals surface area contributed by atoms with Crippen molar-refractivity contribution in [2.24, 2.45) is 5.41 Å². The van der Waals surface area contributed by atoms with Gasteiger partial charge in [0.15, 0.2) is 0 Å². The second kappa shape index (κ2) is 8.35. The minimum atomic E-state index is 0.450. The number of hydrogen-bond acceptors (Lipinski definition) is 3. The zero-order valence-corrected chi connectivity index (χ0v) is 13.6. The summed E-state index contributed by atoms with van der Waals surface area (Å²) in [6.07, 6.45) is 9.43. The first-order valence-corrected chi connectivity index (χ1v) is 8.82. The number of likely N-dealkylation sites (tertiary alicyclic amines) is 1. The first-order chi connectivity index (χ1) is 9.79. The van der Waals surface area contributed by atoms with Crippen LogP contribution in [0, 0.1) is 5.41 Å². The third-order valence-electron chi connectivity index (χ3n) is 5.31. The van der Waals surface area contributed by atoms with Gasteiger partial charge in [-0.15, -0.1) is 0 Å². The number of nitrogens with one attached hydrogen (secondary N) is 1. The van der Waals surface area contributed by atoms with Gasteiger partial charge in [-0.3, -0.25) is 4.90 Å². The molecule has 0 aromatic carbocycles. The van der Waals surface area contributed by atoms with E-state index < -0.39 is 0 Å². The lowest BCUT2D eigenvalue weighted by molar-refractivity contribution is -0.0116. The minimum absolute atomic E-state index is 0.450. The normalized spacial score (nSPS) is 28.2. The lowest BCUT2D eigenvalue weighted by Gasteiger charge is -2.43. The van der Waals surface area contributed by atoms with E-state index in [-0.39, 0.29) is 0 Å². The smallest absolute Gasteiger partial charge is 0.0472 e. The van der Waals surface area contributed by atoms with Crippen molar-refractivity contribution >= 4 is 0 Å². The lowest BCUT2D eigenvalue weighted by Crippen LogP contribution is -2.50. The molecule has 1 atom stereocenters. The highest BCUT2D eigenvalue weighted by Gasteiger charge is 2.35. The number of ether oxygens (including phenoxy) is 1. The van der Waals surface area contributed by atoms with Crippen molar-refractivity contribution in [2.75, 3.05) is 39.4 Å². The highest BCUT2D eigenvalue weighted by atomic mass is 16.5. The number of hydrogen-bond donors (Lipinski definition) is 1. The summed E-state index contributed by atoms with van der Waals surface area (Å²) in [5, 5.41) is 3.61. The third-order valence-corrected chi connectivity index (χ3v) is 5.31. The van der Waals surface area contributed by atoms with Gasteiger partial charge < -0.3 is 10.1 Å². The van der Waals surface area contributed by atoms with E-state index in [2.05, 4.69) is 24.1 Å². The molecule has 1 N–H and O–H groups in total. The molecule has 0 saturated carbocycles. The SMILES string of the molecule is CCNCC1(CN2CCCCCC2CC)CCOCC1. The van der Waals surface area contributed by atoms with Crippen LogP contribution in [0.4, 0.5) is 0 Å². The van der Waals surface area contributed by atoms with Gasteiger partial charge in [0.2, 0.25) is 0 Å². The first kappa shape index (κ1) is 16.3. The highest BCUT2D eigenvalue weighted by molar-refractivity contribution is 4.89. The minimum Gasteiger partial charge on any atom is -0.381 e. The average molecular weight is 282 g/mol. The van der Waals surface area contributed by atoms with Crippen LogP contribution in [0.5, 0.6) is 0 Å². The molecule has 0 aromatic rings. The summed E-state index contributed by atoms with van der Waals surface area (Å²) < 4.78 is 5.63. The Labute approximate surface area is 125 Å². The predicted octanol–water partition coefficient (Wildman–Crippen LogP) is 3.05. The summed E-state index contributed by atoms with van der Waals surface area (Å²) in [5.74, 6) is 0. The van der Waals surface area contributed by atoms with Crippen LogP contribution in [0.2, 0.25) is 0 Å². The molecule has 1 unspecified atom stereocenters. The quantitative estimate of drug-likeness (QED) is 0.810. The Morgan fingerprint density at radius 3 is 2.65 bits per heavy atom. The summed E-state index contributed by atoms with van der Waals surface area (Å²) in [5.41, 5.74) is 0.450. The second-order valence-corrected chi connectivity index (χ2v) is 6.77. The van der Waals surface area contributed by atoms with Crippen LogP contribution in [0.1, 0.15) is 58.8 Å². The maximum absolute atomic E-state index is 5.63.